The van der Waals surface area contributed by atoms with Gasteiger partial charge in [0.15, 0.2) is 0 Å². The van der Waals surface area contributed by atoms with Gasteiger partial charge in [-0.2, -0.15) is 5.10 Å². The van der Waals surface area contributed by atoms with E-state index >= 15 is 0 Å². The van der Waals surface area contributed by atoms with Gasteiger partial charge in [0.25, 0.3) is 5.91 Å². The molecule has 1 amide bonds. The lowest BCUT2D eigenvalue weighted by Gasteiger charge is -2.16. The molecule has 5 nitrogen and oxygen atoms in total. The maximum atomic E-state index is 13.0. The predicted molar refractivity (Wildman–Crippen MR) is 140 cm³/mol. The molecule has 0 bridgehead atoms. The first-order valence-corrected chi connectivity index (χ1v) is 12.3. The Hall–Kier alpha value is -2.61. The van der Waals surface area contributed by atoms with Crippen molar-refractivity contribution in [2.45, 2.75) is 20.8 Å². The van der Waals surface area contributed by atoms with Crippen molar-refractivity contribution in [1.82, 2.24) is 14.7 Å². The molecule has 1 aliphatic rings. The molecule has 0 atom stereocenters. The van der Waals surface area contributed by atoms with Crippen LogP contribution < -0.4 is 4.74 Å². The lowest BCUT2D eigenvalue weighted by molar-refractivity contribution is -0.122. The van der Waals surface area contributed by atoms with Crippen LogP contribution >= 0.6 is 35.6 Å². The zero-order valence-corrected chi connectivity index (χ0v) is 21.0. The minimum atomic E-state index is -0.0677. The van der Waals surface area contributed by atoms with E-state index in [2.05, 4.69) is 13.8 Å². The fourth-order valence-corrected chi connectivity index (χ4v) is 5.02. The smallest absolute Gasteiger partial charge is 0.266 e. The Labute approximate surface area is 208 Å². The van der Waals surface area contributed by atoms with Crippen molar-refractivity contribution in [2.24, 2.45) is 5.92 Å². The number of thioether (sulfide) groups is 1. The number of amides is 1. The minimum absolute atomic E-state index is 0.0677. The maximum Gasteiger partial charge on any atom is 0.266 e. The molecule has 2 heterocycles. The molecule has 0 spiro atoms. The fourth-order valence-electron chi connectivity index (χ4n) is 3.51. The zero-order chi connectivity index (χ0) is 23.5. The third-order valence-corrected chi connectivity index (χ3v) is 6.65. The highest BCUT2D eigenvalue weighted by atomic mass is 35.5. The van der Waals surface area contributed by atoms with Crippen LogP contribution in [0.15, 0.2) is 59.6 Å². The Bertz CT molecular complexity index is 1220. The molecule has 8 heteroatoms. The Morgan fingerprint density at radius 2 is 1.97 bits per heavy atom. The van der Waals surface area contributed by atoms with Crippen LogP contribution in [0.25, 0.3) is 23.0 Å². The summed E-state index contributed by atoms with van der Waals surface area (Å²) in [6, 6.07) is 15.4. The highest BCUT2D eigenvalue weighted by molar-refractivity contribution is 8.26. The molecule has 170 valence electrons. The van der Waals surface area contributed by atoms with Crippen LogP contribution in [0, 0.1) is 5.92 Å². The molecule has 33 heavy (non-hydrogen) atoms. The number of halogens is 1. The van der Waals surface area contributed by atoms with Crippen molar-refractivity contribution in [3.63, 3.8) is 0 Å². The van der Waals surface area contributed by atoms with E-state index in [0.29, 0.717) is 39.1 Å². The van der Waals surface area contributed by atoms with Gasteiger partial charge in [-0.25, -0.2) is 4.68 Å². The summed E-state index contributed by atoms with van der Waals surface area (Å²) in [6.07, 6.45) is 3.79. The Kier molecular flexibility index (Phi) is 7.22. The van der Waals surface area contributed by atoms with Crippen LogP contribution in [-0.2, 0) is 4.79 Å². The molecule has 0 N–H and O–H groups in total. The van der Waals surface area contributed by atoms with Crippen molar-refractivity contribution in [3.8, 4) is 22.7 Å². The van der Waals surface area contributed by atoms with Crippen molar-refractivity contribution in [2.75, 3.05) is 13.2 Å². The molecule has 0 aliphatic carbocycles. The molecule has 0 saturated carbocycles. The van der Waals surface area contributed by atoms with Crippen LogP contribution in [0.4, 0.5) is 0 Å². The van der Waals surface area contributed by atoms with Crippen LogP contribution in [0.2, 0.25) is 5.02 Å². The van der Waals surface area contributed by atoms with Gasteiger partial charge < -0.3 is 4.74 Å². The second kappa shape index (κ2) is 10.1. The van der Waals surface area contributed by atoms with Gasteiger partial charge in [-0.15, -0.1) is 0 Å². The highest BCUT2D eigenvalue weighted by Gasteiger charge is 2.32. The summed E-state index contributed by atoms with van der Waals surface area (Å²) < 4.78 is 7.96. The molecule has 1 fully saturated rings. The first-order chi connectivity index (χ1) is 15.9. The molecular formula is C25H24ClN3O2S2. The quantitative estimate of drug-likeness (QED) is 0.277. The van der Waals surface area contributed by atoms with Crippen molar-refractivity contribution in [1.29, 1.82) is 0 Å². The standard InChI is InChI=1S/C25H24ClN3O2S2/c1-4-31-21-11-10-17(12-20(21)26)23-18(15-29(27-23)19-8-6-5-7-9-19)13-22-24(30)28(14-16(2)3)25(32)33-22/h5-13,15-16H,4,14H2,1-3H3/b22-13-. The van der Waals surface area contributed by atoms with E-state index in [-0.39, 0.29) is 5.91 Å². The van der Waals surface area contributed by atoms with Crippen LogP contribution in [0.1, 0.15) is 26.3 Å². The van der Waals surface area contributed by atoms with Gasteiger partial charge in [0.1, 0.15) is 15.8 Å². The topological polar surface area (TPSA) is 47.4 Å². The zero-order valence-electron chi connectivity index (χ0n) is 18.6. The van der Waals surface area contributed by atoms with Gasteiger partial charge in [0, 0.05) is 23.9 Å². The molecule has 0 radical (unpaired) electrons. The summed E-state index contributed by atoms with van der Waals surface area (Å²) in [5.41, 5.74) is 3.28. The lowest BCUT2D eigenvalue weighted by Crippen LogP contribution is -2.31. The Balaban J connectivity index is 1.78. The number of hydrogen-bond acceptors (Lipinski definition) is 5. The monoisotopic (exact) mass is 497 g/mol. The molecule has 2 aromatic carbocycles. The van der Waals surface area contributed by atoms with Gasteiger partial charge in [0.2, 0.25) is 0 Å². The van der Waals surface area contributed by atoms with E-state index in [1.165, 1.54) is 11.8 Å². The number of rotatable bonds is 7. The summed E-state index contributed by atoms with van der Waals surface area (Å²) >= 11 is 13.3. The summed E-state index contributed by atoms with van der Waals surface area (Å²) in [4.78, 5) is 15.3. The van der Waals surface area contributed by atoms with E-state index in [0.717, 1.165) is 22.5 Å². The fraction of sp³-hybridized carbons (Fsp3) is 0.240. The van der Waals surface area contributed by atoms with E-state index in [1.54, 1.807) is 9.58 Å². The highest BCUT2D eigenvalue weighted by Crippen LogP contribution is 2.36. The number of ether oxygens (including phenoxy) is 1. The minimum Gasteiger partial charge on any atom is -0.492 e. The number of hydrogen-bond donors (Lipinski definition) is 0. The number of carbonyl (C=O) groups is 1. The maximum absolute atomic E-state index is 13.0. The van der Waals surface area contributed by atoms with Gasteiger partial charge >= 0.3 is 0 Å². The molecular weight excluding hydrogens is 474 g/mol. The molecule has 1 aromatic heterocycles. The van der Waals surface area contributed by atoms with Gasteiger partial charge in [0.05, 0.1) is 22.2 Å². The summed E-state index contributed by atoms with van der Waals surface area (Å²) in [5.74, 6) is 0.887. The molecule has 1 saturated heterocycles. The van der Waals surface area contributed by atoms with Gasteiger partial charge in [-0.05, 0) is 49.2 Å². The Morgan fingerprint density at radius 1 is 1.21 bits per heavy atom. The molecule has 3 aromatic rings. The van der Waals surface area contributed by atoms with E-state index < -0.39 is 0 Å². The summed E-state index contributed by atoms with van der Waals surface area (Å²) in [7, 11) is 0. The largest absolute Gasteiger partial charge is 0.492 e. The van der Waals surface area contributed by atoms with Crippen LogP contribution in [0.3, 0.4) is 0 Å². The third-order valence-electron chi connectivity index (χ3n) is 4.98. The van der Waals surface area contributed by atoms with Crippen molar-refractivity contribution >= 4 is 51.9 Å². The first kappa shape index (κ1) is 23.5. The molecule has 0 unspecified atom stereocenters. The average molecular weight is 498 g/mol. The number of carbonyl (C=O) groups excluding carboxylic acids is 1. The third kappa shape index (κ3) is 5.16. The molecule has 1 aliphatic heterocycles. The summed E-state index contributed by atoms with van der Waals surface area (Å²) in [6.45, 7) is 7.19. The second-order valence-electron chi connectivity index (χ2n) is 7.98. The lowest BCUT2D eigenvalue weighted by atomic mass is 10.1. The van der Waals surface area contributed by atoms with Crippen LogP contribution in [-0.4, -0.2) is 38.1 Å². The van der Waals surface area contributed by atoms with E-state index in [9.17, 15) is 4.79 Å². The predicted octanol–water partition coefficient (Wildman–Crippen LogP) is 6.45. The first-order valence-electron chi connectivity index (χ1n) is 10.7. The molecule has 4 rings (SSSR count). The van der Waals surface area contributed by atoms with Gasteiger partial charge in [-0.3, -0.25) is 9.69 Å². The SMILES string of the molecule is CCOc1ccc(-c2nn(-c3ccccc3)cc2/C=C2\SC(=S)N(CC(C)C)C2=O)cc1Cl. The number of benzene rings is 2. The Morgan fingerprint density at radius 3 is 2.64 bits per heavy atom. The van der Waals surface area contributed by atoms with E-state index in [4.69, 9.17) is 33.7 Å². The number of aromatic nitrogens is 2. The van der Waals surface area contributed by atoms with Gasteiger partial charge in [-0.1, -0.05) is 67.6 Å². The number of para-hydroxylation sites is 1. The second-order valence-corrected chi connectivity index (χ2v) is 10.1. The normalized spacial score (nSPS) is 15.2. The van der Waals surface area contributed by atoms with Crippen molar-refractivity contribution < 1.29 is 9.53 Å². The number of thiocarbonyl (C=S) groups is 1. The number of nitrogens with zero attached hydrogens (tertiary/aromatic N) is 3. The average Bonchev–Trinajstić information content (AvgIpc) is 3.32. The van der Waals surface area contributed by atoms with E-state index in [1.807, 2.05) is 67.7 Å². The van der Waals surface area contributed by atoms with Crippen LogP contribution in [0.5, 0.6) is 5.75 Å². The summed E-state index contributed by atoms with van der Waals surface area (Å²) in [5, 5.41) is 5.34. The van der Waals surface area contributed by atoms with Crippen molar-refractivity contribution in [3.05, 3.63) is 70.2 Å².